The summed E-state index contributed by atoms with van der Waals surface area (Å²) in [6.07, 6.45) is 0. The smallest absolute Gasteiger partial charge is 0.187 e. The molecule has 0 radical (unpaired) electrons. The highest BCUT2D eigenvalue weighted by molar-refractivity contribution is 5.95. The number of hydrogen-bond donors (Lipinski definition) is 0. The molecule has 1 aromatic heterocycles. The predicted molar refractivity (Wildman–Crippen MR) is 144 cm³/mol. The molecule has 168 valence electrons. The van der Waals surface area contributed by atoms with E-state index in [1.54, 1.807) is 0 Å². The molecule has 3 nitrogen and oxygen atoms in total. The van der Waals surface area contributed by atoms with Gasteiger partial charge in [-0.15, -0.1) is 0 Å². The fourth-order valence-corrected chi connectivity index (χ4v) is 5.52. The summed E-state index contributed by atoms with van der Waals surface area (Å²) in [4.78, 5) is 13.8. The summed E-state index contributed by atoms with van der Waals surface area (Å²) in [6, 6.07) is 27.2. The van der Waals surface area contributed by atoms with Crippen molar-refractivity contribution in [1.29, 1.82) is 0 Å². The van der Waals surface area contributed by atoms with Crippen molar-refractivity contribution >= 4 is 16.6 Å². The zero-order valence-electron chi connectivity index (χ0n) is 20.3. The topological polar surface area (TPSA) is 30.1 Å². The summed E-state index contributed by atoms with van der Waals surface area (Å²) in [6.45, 7) is 16.2. The van der Waals surface area contributed by atoms with E-state index in [-0.39, 0.29) is 5.41 Å². The third-order valence-corrected chi connectivity index (χ3v) is 7.37. The summed E-state index contributed by atoms with van der Waals surface area (Å²) in [5.74, 6) is 0.734. The highest BCUT2D eigenvalue weighted by Crippen LogP contribution is 2.50. The molecule has 0 N–H and O–H groups in total. The summed E-state index contributed by atoms with van der Waals surface area (Å²) in [5, 5.41) is 1.06. The largest absolute Gasteiger partial charge is 0.238 e. The number of rotatable bonds is 2. The van der Waals surface area contributed by atoms with Crippen molar-refractivity contribution in [3.63, 3.8) is 0 Å². The van der Waals surface area contributed by atoms with E-state index in [9.17, 15) is 0 Å². The van der Waals surface area contributed by atoms with E-state index in [4.69, 9.17) is 16.5 Å². The van der Waals surface area contributed by atoms with Crippen LogP contribution >= 0.6 is 0 Å². The first-order valence-electron chi connectivity index (χ1n) is 11.9. The molecule has 0 fully saturated rings. The molecule has 1 aliphatic rings. The van der Waals surface area contributed by atoms with Crippen LogP contribution in [0.15, 0.2) is 78.9 Å². The van der Waals surface area contributed by atoms with Crippen LogP contribution in [0, 0.1) is 20.4 Å². The Morgan fingerprint density at radius 1 is 0.743 bits per heavy atom. The Kier molecular flexibility index (Phi) is 4.62. The van der Waals surface area contributed by atoms with E-state index in [0.29, 0.717) is 5.69 Å². The van der Waals surface area contributed by atoms with Gasteiger partial charge in [-0.05, 0) is 59.4 Å². The highest BCUT2D eigenvalue weighted by Gasteiger charge is 2.35. The molecule has 4 aromatic carbocycles. The lowest BCUT2D eigenvalue weighted by Crippen LogP contribution is -2.15. The third-order valence-electron chi connectivity index (χ3n) is 7.37. The Morgan fingerprint density at radius 2 is 1.43 bits per heavy atom. The maximum Gasteiger partial charge on any atom is 0.187 e. The molecule has 0 amide bonds. The Bertz CT molecular complexity index is 1680. The van der Waals surface area contributed by atoms with Gasteiger partial charge in [-0.25, -0.2) is 14.8 Å². The van der Waals surface area contributed by atoms with Crippen molar-refractivity contribution in [2.24, 2.45) is 0 Å². The van der Waals surface area contributed by atoms with Crippen molar-refractivity contribution in [1.82, 2.24) is 9.97 Å². The van der Waals surface area contributed by atoms with Crippen LogP contribution in [0.1, 0.15) is 36.1 Å². The summed E-state index contributed by atoms with van der Waals surface area (Å²) < 4.78 is 0. The fourth-order valence-electron chi connectivity index (χ4n) is 5.52. The minimum absolute atomic E-state index is 0.201. The van der Waals surface area contributed by atoms with Crippen molar-refractivity contribution in [3.8, 4) is 33.8 Å². The molecule has 0 atom stereocenters. The lowest BCUT2D eigenvalue weighted by molar-refractivity contribution is 0.661. The minimum Gasteiger partial charge on any atom is -0.238 e. The van der Waals surface area contributed by atoms with Gasteiger partial charge in [-0.1, -0.05) is 80.6 Å². The van der Waals surface area contributed by atoms with Crippen molar-refractivity contribution in [3.05, 3.63) is 113 Å². The molecule has 0 saturated carbocycles. The first-order chi connectivity index (χ1) is 16.9. The van der Waals surface area contributed by atoms with Gasteiger partial charge in [-0.2, -0.15) is 0 Å². The molecule has 5 aromatic rings. The molecule has 0 spiro atoms. The Morgan fingerprint density at radius 3 is 2.17 bits per heavy atom. The fraction of sp³-hybridized carbons (Fsp3) is 0.156. The summed E-state index contributed by atoms with van der Waals surface area (Å²) in [7, 11) is 0. The van der Waals surface area contributed by atoms with Gasteiger partial charge in [-0.3, -0.25) is 0 Å². The summed E-state index contributed by atoms with van der Waals surface area (Å²) >= 11 is 0. The normalized spacial score (nSPS) is 13.3. The van der Waals surface area contributed by atoms with Gasteiger partial charge in [0.2, 0.25) is 0 Å². The van der Waals surface area contributed by atoms with Crippen LogP contribution in [0.25, 0.3) is 49.5 Å². The Balaban J connectivity index is 1.57. The average molecular weight is 452 g/mol. The lowest BCUT2D eigenvalue weighted by Gasteiger charge is -2.22. The molecule has 1 heterocycles. The number of benzene rings is 4. The van der Waals surface area contributed by atoms with E-state index < -0.39 is 0 Å². The van der Waals surface area contributed by atoms with Crippen molar-refractivity contribution < 1.29 is 0 Å². The first-order valence-corrected chi connectivity index (χ1v) is 11.9. The maximum absolute atomic E-state index is 7.44. The number of para-hydroxylation sites is 1. The SMILES string of the molecule is [C-]#[N+]c1ccc2c(c1)C(C)(C)c1cc(-c3nc(-c4c(C)cccc4C)c4ccccc4n3)ccc1-2. The van der Waals surface area contributed by atoms with Crippen molar-refractivity contribution in [2.45, 2.75) is 33.1 Å². The van der Waals surface area contributed by atoms with Crippen molar-refractivity contribution in [2.75, 3.05) is 0 Å². The van der Waals surface area contributed by atoms with Gasteiger partial charge in [0.1, 0.15) is 0 Å². The molecule has 0 unspecified atom stereocenters. The van der Waals surface area contributed by atoms with Crippen LogP contribution in [0.5, 0.6) is 0 Å². The van der Waals surface area contributed by atoms with Gasteiger partial charge in [0.25, 0.3) is 0 Å². The average Bonchev–Trinajstić information content (AvgIpc) is 3.09. The number of nitrogens with zero attached hydrogens (tertiary/aromatic N) is 3. The van der Waals surface area contributed by atoms with E-state index in [1.807, 2.05) is 18.2 Å². The number of aromatic nitrogens is 2. The molecular weight excluding hydrogens is 426 g/mol. The third kappa shape index (κ3) is 3.18. The zero-order valence-corrected chi connectivity index (χ0v) is 20.3. The monoisotopic (exact) mass is 451 g/mol. The molecule has 1 aliphatic carbocycles. The zero-order chi connectivity index (χ0) is 24.3. The number of hydrogen-bond acceptors (Lipinski definition) is 2. The molecule has 0 saturated heterocycles. The maximum atomic E-state index is 7.44. The van der Waals surface area contributed by atoms with Crippen LogP contribution in [0.4, 0.5) is 5.69 Å². The molecule has 0 aliphatic heterocycles. The van der Waals surface area contributed by atoms with Gasteiger partial charge in [0.05, 0.1) is 17.8 Å². The quantitative estimate of drug-likeness (QED) is 0.252. The molecule has 3 heteroatoms. The summed E-state index contributed by atoms with van der Waals surface area (Å²) in [5.41, 5.74) is 11.9. The lowest BCUT2D eigenvalue weighted by atomic mass is 9.82. The molecule has 35 heavy (non-hydrogen) atoms. The minimum atomic E-state index is -0.201. The van der Waals surface area contributed by atoms with E-state index >= 15 is 0 Å². The second-order valence-electron chi connectivity index (χ2n) is 9.91. The van der Waals surface area contributed by atoms with Gasteiger partial charge < -0.3 is 0 Å². The highest BCUT2D eigenvalue weighted by atomic mass is 14.9. The van der Waals surface area contributed by atoms with E-state index in [0.717, 1.165) is 28.0 Å². The van der Waals surface area contributed by atoms with Crippen LogP contribution in [-0.2, 0) is 5.41 Å². The van der Waals surface area contributed by atoms with Crippen LogP contribution in [0.2, 0.25) is 0 Å². The van der Waals surface area contributed by atoms with E-state index in [2.05, 4.69) is 93.2 Å². The van der Waals surface area contributed by atoms with Crippen LogP contribution in [0.3, 0.4) is 0 Å². The van der Waals surface area contributed by atoms with Gasteiger partial charge >= 0.3 is 0 Å². The second kappa shape index (κ2) is 7.61. The molecular formula is C32H25N3. The van der Waals surface area contributed by atoms with Crippen LogP contribution in [-0.4, -0.2) is 9.97 Å². The Labute approximate surface area is 206 Å². The molecule has 6 rings (SSSR count). The Hall–Kier alpha value is -4.29. The van der Waals surface area contributed by atoms with Gasteiger partial charge in [0.15, 0.2) is 11.5 Å². The van der Waals surface area contributed by atoms with Gasteiger partial charge in [0, 0.05) is 21.9 Å². The molecule has 0 bridgehead atoms. The standard InChI is InChI=1S/C32H25N3/c1-19-9-8-10-20(2)29(19)30-25-11-6-7-12-28(25)34-31(35-30)21-13-15-23-24-16-14-22(33-5)18-27(24)32(3,4)26(23)17-21/h6-18H,1-4H3. The number of aryl methyl sites for hydroxylation is 2. The predicted octanol–water partition coefficient (Wildman–Crippen LogP) is 8.44. The van der Waals surface area contributed by atoms with E-state index in [1.165, 1.54) is 38.9 Å². The van der Waals surface area contributed by atoms with Crippen LogP contribution < -0.4 is 0 Å². The second-order valence-corrected chi connectivity index (χ2v) is 9.91. The number of fused-ring (bicyclic) bond motifs is 4. The first kappa shape index (κ1) is 21.3.